The van der Waals surface area contributed by atoms with Crippen molar-refractivity contribution in [3.05, 3.63) is 64.6 Å². The van der Waals surface area contributed by atoms with E-state index in [4.69, 9.17) is 0 Å². The highest BCUT2D eigenvalue weighted by Gasteiger charge is 2.29. The first-order valence-corrected chi connectivity index (χ1v) is 9.85. The molecule has 0 aliphatic heterocycles. The third-order valence-electron chi connectivity index (χ3n) is 4.41. The Labute approximate surface area is 169 Å². The van der Waals surface area contributed by atoms with Crippen LogP contribution in [0.4, 0.5) is 5.69 Å². The topological polar surface area (TPSA) is 52.7 Å². The molecule has 1 unspecified atom stereocenters. The quantitative estimate of drug-likeness (QED) is 0.688. The Morgan fingerprint density at radius 1 is 1.00 bits per heavy atom. The molecule has 0 saturated carbocycles. The molecule has 0 fully saturated rings. The van der Waals surface area contributed by atoms with Crippen molar-refractivity contribution < 1.29 is 9.59 Å². The maximum Gasteiger partial charge on any atom is 0.244 e. The Bertz CT molecular complexity index is 763. The number of hydrogen-bond donors (Lipinski definition) is 1. The van der Waals surface area contributed by atoms with Gasteiger partial charge in [0.2, 0.25) is 11.8 Å². The third kappa shape index (κ3) is 5.65. The fourth-order valence-corrected chi connectivity index (χ4v) is 3.38. The first-order chi connectivity index (χ1) is 13.0. The SMILES string of the molecule is CCN(CC)C(=O)C(c1ccccc1)N(C)CC(=O)Nc1ccccc1Br. The van der Waals surface area contributed by atoms with Crippen LogP contribution >= 0.6 is 15.9 Å². The minimum absolute atomic E-state index is 0.00221. The zero-order valence-corrected chi connectivity index (χ0v) is 17.6. The molecule has 0 saturated heterocycles. The molecule has 6 heteroatoms. The molecule has 0 radical (unpaired) electrons. The summed E-state index contributed by atoms with van der Waals surface area (Å²) in [5, 5.41) is 2.89. The maximum atomic E-state index is 13.1. The smallest absolute Gasteiger partial charge is 0.244 e. The monoisotopic (exact) mass is 431 g/mol. The van der Waals surface area contributed by atoms with Crippen LogP contribution in [0, 0.1) is 0 Å². The molecule has 2 amide bonds. The Morgan fingerprint density at radius 2 is 1.59 bits per heavy atom. The number of para-hydroxylation sites is 1. The van der Waals surface area contributed by atoms with E-state index in [9.17, 15) is 9.59 Å². The summed E-state index contributed by atoms with van der Waals surface area (Å²) >= 11 is 3.43. The van der Waals surface area contributed by atoms with Crippen molar-refractivity contribution in [1.29, 1.82) is 0 Å². The highest BCUT2D eigenvalue weighted by atomic mass is 79.9. The minimum atomic E-state index is -0.504. The zero-order chi connectivity index (χ0) is 19.8. The van der Waals surface area contributed by atoms with Crippen molar-refractivity contribution in [3.63, 3.8) is 0 Å². The lowest BCUT2D eigenvalue weighted by molar-refractivity contribution is -0.137. The lowest BCUT2D eigenvalue weighted by Crippen LogP contribution is -2.44. The summed E-state index contributed by atoms with van der Waals surface area (Å²) in [6, 6.07) is 16.5. The molecule has 5 nitrogen and oxygen atoms in total. The molecule has 0 bridgehead atoms. The van der Waals surface area contributed by atoms with E-state index < -0.39 is 6.04 Å². The Hall–Kier alpha value is -2.18. The summed E-state index contributed by atoms with van der Waals surface area (Å²) in [6.45, 7) is 5.30. The first kappa shape index (κ1) is 21.1. The average molecular weight is 432 g/mol. The lowest BCUT2D eigenvalue weighted by atomic mass is 10.0. The number of carbonyl (C=O) groups excluding carboxylic acids is 2. The number of likely N-dealkylation sites (N-methyl/N-ethyl adjacent to an activating group) is 2. The van der Waals surface area contributed by atoms with Gasteiger partial charge in [-0.25, -0.2) is 0 Å². The van der Waals surface area contributed by atoms with Gasteiger partial charge in [0.25, 0.3) is 0 Å². The number of amides is 2. The number of carbonyl (C=O) groups is 2. The van der Waals surface area contributed by atoms with Gasteiger partial charge >= 0.3 is 0 Å². The van der Waals surface area contributed by atoms with Crippen LogP contribution in [0.5, 0.6) is 0 Å². The number of halogens is 1. The molecule has 0 aliphatic rings. The second kappa shape index (κ2) is 10.2. The van der Waals surface area contributed by atoms with Gasteiger partial charge in [0, 0.05) is 17.6 Å². The second-order valence-corrected chi connectivity index (χ2v) is 7.12. The van der Waals surface area contributed by atoms with Gasteiger partial charge in [0.1, 0.15) is 6.04 Å². The molecule has 2 rings (SSSR count). The molecular formula is C21H26BrN3O2. The van der Waals surface area contributed by atoms with Crippen LogP contribution in [0.15, 0.2) is 59.1 Å². The zero-order valence-electron chi connectivity index (χ0n) is 16.0. The van der Waals surface area contributed by atoms with E-state index in [0.29, 0.717) is 18.8 Å². The minimum Gasteiger partial charge on any atom is -0.342 e. The molecule has 0 aliphatic carbocycles. The molecule has 0 aromatic heterocycles. The summed E-state index contributed by atoms with van der Waals surface area (Å²) < 4.78 is 0.819. The largest absolute Gasteiger partial charge is 0.342 e. The molecule has 2 aromatic rings. The predicted molar refractivity (Wildman–Crippen MR) is 113 cm³/mol. The van der Waals surface area contributed by atoms with E-state index in [0.717, 1.165) is 10.0 Å². The van der Waals surface area contributed by atoms with Crippen LogP contribution in [0.3, 0.4) is 0 Å². The summed E-state index contributed by atoms with van der Waals surface area (Å²) in [6.07, 6.45) is 0. The van der Waals surface area contributed by atoms with Crippen LogP contribution in [0.1, 0.15) is 25.5 Å². The summed E-state index contributed by atoms with van der Waals surface area (Å²) in [7, 11) is 1.80. The van der Waals surface area contributed by atoms with E-state index in [1.807, 2.05) is 68.4 Å². The standard InChI is InChI=1S/C21H26BrN3O2/c1-4-25(5-2)21(27)20(16-11-7-6-8-12-16)24(3)15-19(26)23-18-14-10-9-13-17(18)22/h6-14,20H,4-5,15H2,1-3H3,(H,23,26). The third-order valence-corrected chi connectivity index (χ3v) is 5.10. The fraction of sp³-hybridized carbons (Fsp3) is 0.333. The number of nitrogens with one attached hydrogen (secondary N) is 1. The number of anilines is 1. The van der Waals surface area contributed by atoms with Gasteiger partial charge in [-0.3, -0.25) is 14.5 Å². The molecule has 1 atom stereocenters. The van der Waals surface area contributed by atoms with Gasteiger partial charge in [-0.1, -0.05) is 42.5 Å². The van der Waals surface area contributed by atoms with Crippen molar-refractivity contribution >= 4 is 33.4 Å². The number of nitrogens with zero attached hydrogens (tertiary/aromatic N) is 2. The first-order valence-electron chi connectivity index (χ1n) is 9.06. The van der Waals surface area contributed by atoms with Crippen LogP contribution in [0.25, 0.3) is 0 Å². The van der Waals surface area contributed by atoms with Crippen molar-refractivity contribution in [1.82, 2.24) is 9.80 Å². The van der Waals surface area contributed by atoms with E-state index in [-0.39, 0.29) is 18.4 Å². The van der Waals surface area contributed by atoms with Gasteiger partial charge in [-0.15, -0.1) is 0 Å². The lowest BCUT2D eigenvalue weighted by Gasteiger charge is -2.31. The second-order valence-electron chi connectivity index (χ2n) is 6.27. The normalized spacial score (nSPS) is 11.9. The molecule has 27 heavy (non-hydrogen) atoms. The number of benzene rings is 2. The van der Waals surface area contributed by atoms with E-state index in [2.05, 4.69) is 21.2 Å². The molecule has 0 heterocycles. The van der Waals surface area contributed by atoms with Crippen molar-refractivity contribution in [2.75, 3.05) is 32.0 Å². The van der Waals surface area contributed by atoms with Gasteiger partial charge < -0.3 is 10.2 Å². The maximum absolute atomic E-state index is 13.1. The van der Waals surface area contributed by atoms with E-state index >= 15 is 0 Å². The highest BCUT2D eigenvalue weighted by Crippen LogP contribution is 2.24. The Balaban J connectivity index is 2.18. The van der Waals surface area contributed by atoms with Crippen molar-refractivity contribution in [2.24, 2.45) is 0 Å². The van der Waals surface area contributed by atoms with Gasteiger partial charge in [0.15, 0.2) is 0 Å². The molecule has 2 aromatic carbocycles. The Morgan fingerprint density at radius 3 is 2.19 bits per heavy atom. The van der Waals surface area contributed by atoms with Gasteiger partial charge in [0.05, 0.1) is 12.2 Å². The van der Waals surface area contributed by atoms with Crippen LogP contribution in [0.2, 0.25) is 0 Å². The van der Waals surface area contributed by atoms with Crippen LogP contribution < -0.4 is 5.32 Å². The predicted octanol–water partition coefficient (Wildman–Crippen LogP) is 3.93. The van der Waals surface area contributed by atoms with Crippen LogP contribution in [-0.2, 0) is 9.59 Å². The molecule has 144 valence electrons. The number of hydrogen-bond acceptors (Lipinski definition) is 3. The molecular weight excluding hydrogens is 406 g/mol. The summed E-state index contributed by atoms with van der Waals surface area (Å²) in [5.41, 5.74) is 1.59. The fourth-order valence-electron chi connectivity index (χ4n) is 3.00. The van der Waals surface area contributed by atoms with Crippen LogP contribution in [-0.4, -0.2) is 48.3 Å². The van der Waals surface area contributed by atoms with Gasteiger partial charge in [-0.05, 0) is 54.5 Å². The summed E-state index contributed by atoms with van der Waals surface area (Å²) in [4.78, 5) is 29.2. The average Bonchev–Trinajstić information content (AvgIpc) is 2.65. The van der Waals surface area contributed by atoms with E-state index in [1.54, 1.807) is 16.8 Å². The number of rotatable bonds is 8. The Kier molecular flexibility index (Phi) is 8.00. The molecule has 1 N–H and O–H groups in total. The highest BCUT2D eigenvalue weighted by molar-refractivity contribution is 9.10. The van der Waals surface area contributed by atoms with Gasteiger partial charge in [-0.2, -0.15) is 0 Å². The molecule has 0 spiro atoms. The van der Waals surface area contributed by atoms with Crippen molar-refractivity contribution in [2.45, 2.75) is 19.9 Å². The van der Waals surface area contributed by atoms with E-state index in [1.165, 1.54) is 0 Å². The van der Waals surface area contributed by atoms with Crippen molar-refractivity contribution in [3.8, 4) is 0 Å². The summed E-state index contributed by atoms with van der Waals surface area (Å²) in [5.74, 6) is -0.167.